The molecule has 198 valence electrons. The molecule has 1 saturated carbocycles. The number of amides is 3. The summed E-state index contributed by atoms with van der Waals surface area (Å²) in [5.41, 5.74) is 9.80. The lowest BCUT2D eigenvalue weighted by Gasteiger charge is -2.10. The minimum Gasteiger partial charge on any atom is -0.397 e. The van der Waals surface area contributed by atoms with Gasteiger partial charge < -0.3 is 26.4 Å². The number of rotatable bonds is 9. The summed E-state index contributed by atoms with van der Waals surface area (Å²) in [4.78, 5) is 41.7. The van der Waals surface area contributed by atoms with Crippen LogP contribution in [0.2, 0.25) is 0 Å². The molecule has 1 aliphatic carbocycles. The van der Waals surface area contributed by atoms with E-state index in [0.29, 0.717) is 39.7 Å². The number of nitrogens with one attached hydrogen (secondary N) is 3. The van der Waals surface area contributed by atoms with Crippen LogP contribution in [0.1, 0.15) is 44.7 Å². The summed E-state index contributed by atoms with van der Waals surface area (Å²) in [6.45, 7) is 2.22. The molecular weight excluding hydrogens is 514 g/mol. The number of hydrogen-bond acceptors (Lipinski definition) is 7. The number of nitrogens with zero attached hydrogens (tertiary/aromatic N) is 1. The molecular formula is C29H27N5O4S. The van der Waals surface area contributed by atoms with Gasteiger partial charge in [0.15, 0.2) is 5.13 Å². The molecule has 9 nitrogen and oxygen atoms in total. The fourth-order valence-electron chi connectivity index (χ4n) is 3.83. The Morgan fingerprint density at radius 1 is 1.00 bits per heavy atom. The zero-order chi connectivity index (χ0) is 27.4. The van der Waals surface area contributed by atoms with Gasteiger partial charge in [0.05, 0.1) is 0 Å². The van der Waals surface area contributed by atoms with Crippen molar-refractivity contribution in [2.45, 2.75) is 32.4 Å². The summed E-state index contributed by atoms with van der Waals surface area (Å²) >= 11 is 1.14. The Hall–Kier alpha value is -4.70. The van der Waals surface area contributed by atoms with E-state index in [-0.39, 0.29) is 17.0 Å². The summed E-state index contributed by atoms with van der Waals surface area (Å²) in [5.74, 6) is -0.701. The van der Waals surface area contributed by atoms with Gasteiger partial charge in [-0.1, -0.05) is 59.9 Å². The number of benzene rings is 3. The molecule has 39 heavy (non-hydrogen) atoms. The average Bonchev–Trinajstić information content (AvgIpc) is 3.67. The number of nitrogens with two attached hydrogens (primary N) is 1. The van der Waals surface area contributed by atoms with E-state index in [2.05, 4.69) is 20.9 Å². The number of hydrogen-bond donors (Lipinski definition) is 4. The van der Waals surface area contributed by atoms with E-state index in [4.69, 9.17) is 10.5 Å². The second kappa shape index (κ2) is 11.4. The van der Waals surface area contributed by atoms with Crippen LogP contribution in [0.15, 0.2) is 72.8 Å². The van der Waals surface area contributed by atoms with Crippen molar-refractivity contribution in [3.05, 3.63) is 95.1 Å². The van der Waals surface area contributed by atoms with Gasteiger partial charge >= 0.3 is 6.09 Å². The van der Waals surface area contributed by atoms with Gasteiger partial charge in [0.25, 0.3) is 5.91 Å². The molecule has 0 unspecified atom stereocenters. The van der Waals surface area contributed by atoms with Crippen LogP contribution in [-0.2, 0) is 6.54 Å². The van der Waals surface area contributed by atoms with Crippen molar-refractivity contribution in [1.82, 2.24) is 15.6 Å². The van der Waals surface area contributed by atoms with Crippen molar-refractivity contribution >= 4 is 40.1 Å². The molecule has 1 aliphatic rings. The van der Waals surface area contributed by atoms with Gasteiger partial charge in [0.1, 0.15) is 5.69 Å². The molecule has 1 heterocycles. The number of carbonyl (C=O) groups is 3. The molecule has 0 atom stereocenters. The first-order valence-electron chi connectivity index (χ1n) is 12.4. The van der Waals surface area contributed by atoms with Crippen LogP contribution >= 0.6 is 11.3 Å². The molecule has 1 aromatic heterocycles. The average molecular weight is 542 g/mol. The van der Waals surface area contributed by atoms with Gasteiger partial charge in [-0.05, 0) is 55.2 Å². The van der Waals surface area contributed by atoms with Crippen molar-refractivity contribution in [2.24, 2.45) is 5.73 Å². The van der Waals surface area contributed by atoms with E-state index in [0.717, 1.165) is 35.3 Å². The Morgan fingerprint density at radius 3 is 2.54 bits per heavy atom. The summed E-state index contributed by atoms with van der Waals surface area (Å²) in [5, 5.41) is 9.68. The summed E-state index contributed by atoms with van der Waals surface area (Å²) in [6.07, 6.45) is 1.36. The number of ether oxygens (including phenoxy) is 1. The second-order valence-electron chi connectivity index (χ2n) is 9.23. The van der Waals surface area contributed by atoms with Crippen molar-refractivity contribution < 1.29 is 19.1 Å². The molecule has 3 amide bonds. The Labute approximate surface area is 229 Å². The van der Waals surface area contributed by atoms with Gasteiger partial charge in [-0.25, -0.2) is 9.78 Å². The molecule has 0 saturated heterocycles. The molecule has 0 radical (unpaired) electrons. The third kappa shape index (κ3) is 6.60. The highest BCUT2D eigenvalue weighted by molar-refractivity contribution is 7.18. The van der Waals surface area contributed by atoms with E-state index in [1.807, 2.05) is 43.3 Å². The maximum absolute atomic E-state index is 12.7. The van der Waals surface area contributed by atoms with Crippen LogP contribution in [-0.4, -0.2) is 28.9 Å². The fourth-order valence-corrected chi connectivity index (χ4v) is 4.68. The smallest absolute Gasteiger partial charge is 0.397 e. The summed E-state index contributed by atoms with van der Waals surface area (Å²) in [6, 6.07) is 21.8. The monoisotopic (exact) mass is 541 g/mol. The van der Waals surface area contributed by atoms with E-state index < -0.39 is 12.0 Å². The molecule has 1 fully saturated rings. The van der Waals surface area contributed by atoms with Crippen molar-refractivity contribution in [3.8, 4) is 16.3 Å². The van der Waals surface area contributed by atoms with Crippen LogP contribution < -0.4 is 26.4 Å². The molecule has 10 heteroatoms. The molecule has 5 rings (SSSR count). The van der Waals surface area contributed by atoms with Crippen LogP contribution in [0.4, 0.5) is 15.6 Å². The lowest BCUT2D eigenvalue weighted by Crippen LogP contribution is -2.26. The molecule has 3 aromatic carbocycles. The Kier molecular flexibility index (Phi) is 7.55. The van der Waals surface area contributed by atoms with Crippen LogP contribution in [0.25, 0.3) is 11.3 Å². The Bertz CT molecular complexity index is 1530. The van der Waals surface area contributed by atoms with Gasteiger partial charge in [0.2, 0.25) is 11.0 Å². The number of carbonyl (C=O) groups excluding carboxylic acids is 3. The minimum atomic E-state index is -0.642. The Morgan fingerprint density at radius 2 is 1.79 bits per heavy atom. The molecule has 0 aliphatic heterocycles. The van der Waals surface area contributed by atoms with Crippen LogP contribution in [0, 0.1) is 6.92 Å². The van der Waals surface area contributed by atoms with E-state index in [9.17, 15) is 14.4 Å². The standard InChI is InChI=1S/C29H27N5O4S/c1-17-10-11-21(26(36)32-22-12-13-22)15-23(17)33-28-34-24(19-8-5-9-20(14-19)25(30)35)27(39-28)38-29(37)31-16-18-6-3-2-4-7-18/h2-11,14-15,22H,12-13,16H2,1H3,(H2,30,35)(H,31,37)(H,32,36)(H,33,34). The van der Waals surface area contributed by atoms with Gasteiger partial charge in [-0.3, -0.25) is 9.59 Å². The van der Waals surface area contributed by atoms with Crippen LogP contribution in [0.3, 0.4) is 0 Å². The van der Waals surface area contributed by atoms with E-state index in [1.165, 1.54) is 0 Å². The molecule has 0 bridgehead atoms. The number of thiazole rings is 1. The van der Waals surface area contributed by atoms with Gasteiger partial charge in [-0.2, -0.15) is 0 Å². The third-order valence-electron chi connectivity index (χ3n) is 6.14. The quantitative estimate of drug-likeness (QED) is 0.232. The highest BCUT2D eigenvalue weighted by Crippen LogP contribution is 2.40. The number of aromatic nitrogens is 1. The van der Waals surface area contributed by atoms with E-state index in [1.54, 1.807) is 36.4 Å². The maximum atomic E-state index is 12.7. The van der Waals surface area contributed by atoms with Crippen molar-refractivity contribution in [3.63, 3.8) is 0 Å². The fraction of sp³-hybridized carbons (Fsp3) is 0.172. The first kappa shape index (κ1) is 25.9. The topological polar surface area (TPSA) is 135 Å². The first-order chi connectivity index (χ1) is 18.9. The number of aryl methyl sites for hydroxylation is 1. The normalized spacial score (nSPS) is 12.4. The predicted octanol–water partition coefficient (Wildman–Crippen LogP) is 5.14. The van der Waals surface area contributed by atoms with Crippen molar-refractivity contribution in [2.75, 3.05) is 5.32 Å². The highest BCUT2D eigenvalue weighted by Gasteiger charge is 2.24. The Balaban J connectivity index is 1.41. The molecule has 5 N–H and O–H groups in total. The second-order valence-corrected chi connectivity index (χ2v) is 10.2. The lowest BCUT2D eigenvalue weighted by atomic mass is 10.1. The zero-order valence-corrected chi connectivity index (χ0v) is 22.0. The largest absolute Gasteiger partial charge is 0.413 e. The molecule has 0 spiro atoms. The van der Waals surface area contributed by atoms with Gasteiger partial charge in [0, 0.05) is 35.0 Å². The third-order valence-corrected chi connectivity index (χ3v) is 6.98. The van der Waals surface area contributed by atoms with Crippen molar-refractivity contribution in [1.29, 1.82) is 0 Å². The first-order valence-corrected chi connectivity index (χ1v) is 13.3. The van der Waals surface area contributed by atoms with Gasteiger partial charge in [-0.15, -0.1) is 0 Å². The SMILES string of the molecule is Cc1ccc(C(=O)NC2CC2)cc1Nc1nc(-c2cccc(C(N)=O)c2)c(OC(=O)NCc2ccccc2)s1. The minimum absolute atomic E-state index is 0.122. The molecule has 4 aromatic rings. The lowest BCUT2D eigenvalue weighted by molar-refractivity contribution is 0.0949. The highest BCUT2D eigenvalue weighted by atomic mass is 32.1. The van der Waals surface area contributed by atoms with Crippen LogP contribution in [0.5, 0.6) is 5.06 Å². The predicted molar refractivity (Wildman–Crippen MR) is 150 cm³/mol. The zero-order valence-electron chi connectivity index (χ0n) is 21.2. The summed E-state index contributed by atoms with van der Waals surface area (Å²) < 4.78 is 5.67. The summed E-state index contributed by atoms with van der Waals surface area (Å²) in [7, 11) is 0. The van der Waals surface area contributed by atoms with E-state index >= 15 is 0 Å². The maximum Gasteiger partial charge on any atom is 0.413 e. The number of anilines is 2. The number of primary amides is 1.